The molecule has 0 aliphatic heterocycles. The van der Waals surface area contributed by atoms with Crippen molar-refractivity contribution in [3.8, 4) is 0 Å². The third-order valence-corrected chi connectivity index (χ3v) is 1.73. The minimum absolute atomic E-state index is 0.0294. The highest BCUT2D eigenvalue weighted by Crippen LogP contribution is 2.18. The lowest BCUT2D eigenvalue weighted by molar-refractivity contribution is -0.387. The van der Waals surface area contributed by atoms with Gasteiger partial charge in [0.1, 0.15) is 0 Å². The molecular weight excluding hydrogens is 217 g/mol. The molecule has 1 amide bonds. The second-order valence-electron chi connectivity index (χ2n) is 3.26. The van der Waals surface area contributed by atoms with Crippen LogP contribution in [0, 0.1) is 15.9 Å². The van der Waals surface area contributed by atoms with Crippen molar-refractivity contribution in [1.29, 1.82) is 0 Å². The SMILES string of the molecule is CN(C)NC(=O)c1ccc(F)c([N+](=O)[O-])c1. The molecule has 0 radical (unpaired) electrons. The van der Waals surface area contributed by atoms with E-state index in [0.29, 0.717) is 0 Å². The number of rotatable bonds is 3. The zero-order valence-electron chi connectivity index (χ0n) is 8.73. The number of hydrazine groups is 1. The molecule has 0 spiro atoms. The first-order valence-corrected chi connectivity index (χ1v) is 4.34. The van der Waals surface area contributed by atoms with Crippen LogP contribution in [0.1, 0.15) is 10.4 Å². The van der Waals surface area contributed by atoms with Gasteiger partial charge in [-0.25, -0.2) is 5.01 Å². The van der Waals surface area contributed by atoms with Crippen LogP contribution in [-0.2, 0) is 0 Å². The first-order valence-electron chi connectivity index (χ1n) is 4.34. The lowest BCUT2D eigenvalue weighted by atomic mass is 10.2. The van der Waals surface area contributed by atoms with E-state index in [1.807, 2.05) is 0 Å². The van der Waals surface area contributed by atoms with Crippen LogP contribution in [-0.4, -0.2) is 29.9 Å². The molecule has 0 aromatic heterocycles. The fourth-order valence-electron chi connectivity index (χ4n) is 1.06. The molecule has 0 fully saturated rings. The number of nitro benzene ring substituents is 1. The van der Waals surface area contributed by atoms with E-state index in [2.05, 4.69) is 5.43 Å². The van der Waals surface area contributed by atoms with Crippen LogP contribution in [0.25, 0.3) is 0 Å². The van der Waals surface area contributed by atoms with E-state index in [4.69, 9.17) is 0 Å². The summed E-state index contributed by atoms with van der Waals surface area (Å²) in [4.78, 5) is 21.0. The van der Waals surface area contributed by atoms with Crippen molar-refractivity contribution in [3.63, 3.8) is 0 Å². The highest BCUT2D eigenvalue weighted by Gasteiger charge is 2.17. The van der Waals surface area contributed by atoms with Crippen LogP contribution in [0.15, 0.2) is 18.2 Å². The Labute approximate surface area is 90.8 Å². The van der Waals surface area contributed by atoms with Gasteiger partial charge in [0.05, 0.1) is 4.92 Å². The predicted octanol–water partition coefficient (Wildman–Crippen LogP) is 0.940. The number of carbonyl (C=O) groups is 1. The van der Waals surface area contributed by atoms with E-state index in [-0.39, 0.29) is 5.56 Å². The topological polar surface area (TPSA) is 75.5 Å². The van der Waals surface area contributed by atoms with Crippen molar-refractivity contribution < 1.29 is 14.1 Å². The quantitative estimate of drug-likeness (QED) is 0.616. The zero-order chi connectivity index (χ0) is 12.3. The van der Waals surface area contributed by atoms with Crippen LogP contribution >= 0.6 is 0 Å². The summed E-state index contributed by atoms with van der Waals surface area (Å²) < 4.78 is 13.0. The maximum atomic E-state index is 13.0. The van der Waals surface area contributed by atoms with Gasteiger partial charge in [-0.15, -0.1) is 0 Å². The molecule has 0 heterocycles. The van der Waals surface area contributed by atoms with E-state index < -0.39 is 22.3 Å². The van der Waals surface area contributed by atoms with Gasteiger partial charge < -0.3 is 0 Å². The molecule has 1 N–H and O–H groups in total. The van der Waals surface area contributed by atoms with E-state index in [1.165, 1.54) is 11.1 Å². The third-order valence-electron chi connectivity index (χ3n) is 1.73. The monoisotopic (exact) mass is 227 g/mol. The Morgan fingerprint density at radius 2 is 2.12 bits per heavy atom. The molecule has 86 valence electrons. The predicted molar refractivity (Wildman–Crippen MR) is 54.2 cm³/mol. The Kier molecular flexibility index (Phi) is 3.51. The largest absolute Gasteiger partial charge is 0.305 e. The van der Waals surface area contributed by atoms with E-state index in [0.717, 1.165) is 12.1 Å². The summed E-state index contributed by atoms with van der Waals surface area (Å²) in [5.74, 6) is -1.50. The lowest BCUT2D eigenvalue weighted by Gasteiger charge is -2.11. The van der Waals surface area contributed by atoms with Crippen molar-refractivity contribution in [2.75, 3.05) is 14.1 Å². The number of halogens is 1. The van der Waals surface area contributed by atoms with Crippen LogP contribution in [0.2, 0.25) is 0 Å². The third kappa shape index (κ3) is 2.74. The van der Waals surface area contributed by atoms with Crippen molar-refractivity contribution in [2.45, 2.75) is 0 Å². The minimum atomic E-state index is -0.966. The molecular formula is C9H10FN3O3. The first-order chi connectivity index (χ1) is 7.41. The van der Waals surface area contributed by atoms with E-state index in [9.17, 15) is 19.3 Å². The minimum Gasteiger partial charge on any atom is -0.285 e. The molecule has 16 heavy (non-hydrogen) atoms. The Balaban J connectivity index is 3.03. The Hall–Kier alpha value is -2.02. The summed E-state index contributed by atoms with van der Waals surface area (Å²) in [7, 11) is 3.19. The van der Waals surface area contributed by atoms with Crippen molar-refractivity contribution in [2.24, 2.45) is 0 Å². The number of hydrogen-bond acceptors (Lipinski definition) is 4. The fraction of sp³-hybridized carbons (Fsp3) is 0.222. The molecule has 1 rings (SSSR count). The standard InChI is InChI=1S/C9H10FN3O3/c1-12(2)11-9(14)6-3-4-7(10)8(5-6)13(15)16/h3-5H,1-2H3,(H,11,14). The number of hydrogen-bond donors (Lipinski definition) is 1. The van der Waals surface area contributed by atoms with Crippen LogP contribution in [0.3, 0.4) is 0 Å². The summed E-state index contributed by atoms with van der Waals surface area (Å²) >= 11 is 0. The second kappa shape index (κ2) is 4.67. The molecule has 0 saturated heterocycles. The maximum Gasteiger partial charge on any atom is 0.305 e. The molecule has 0 unspecified atom stereocenters. The maximum absolute atomic E-state index is 13.0. The normalized spacial score (nSPS) is 10.2. The van der Waals surface area contributed by atoms with Gasteiger partial charge in [0.2, 0.25) is 5.82 Å². The highest BCUT2D eigenvalue weighted by atomic mass is 19.1. The lowest BCUT2D eigenvalue weighted by Crippen LogP contribution is -2.36. The van der Waals surface area contributed by atoms with Crippen LogP contribution in [0.4, 0.5) is 10.1 Å². The van der Waals surface area contributed by atoms with Gasteiger partial charge in [-0.1, -0.05) is 0 Å². The van der Waals surface area contributed by atoms with Crippen molar-refractivity contribution >= 4 is 11.6 Å². The molecule has 6 nitrogen and oxygen atoms in total. The summed E-state index contributed by atoms with van der Waals surface area (Å²) in [6.07, 6.45) is 0. The molecule has 1 aromatic carbocycles. The summed E-state index contributed by atoms with van der Waals surface area (Å²) in [6, 6.07) is 2.97. The average Bonchev–Trinajstić information content (AvgIpc) is 2.16. The van der Waals surface area contributed by atoms with Gasteiger partial charge in [-0.3, -0.25) is 20.3 Å². The zero-order valence-corrected chi connectivity index (χ0v) is 8.73. The summed E-state index contributed by atoms with van der Waals surface area (Å²) in [6.45, 7) is 0. The first kappa shape index (κ1) is 12.1. The fourth-order valence-corrected chi connectivity index (χ4v) is 1.06. The molecule has 0 saturated carbocycles. The number of nitro groups is 1. The van der Waals surface area contributed by atoms with Gasteiger partial charge in [0.15, 0.2) is 0 Å². The van der Waals surface area contributed by atoms with Gasteiger partial charge in [-0.2, -0.15) is 4.39 Å². The van der Waals surface area contributed by atoms with Gasteiger partial charge in [-0.05, 0) is 12.1 Å². The summed E-state index contributed by atoms with van der Waals surface area (Å²) in [5.41, 5.74) is 1.71. The summed E-state index contributed by atoms with van der Waals surface area (Å²) in [5, 5.41) is 11.8. The molecule has 0 aliphatic rings. The van der Waals surface area contributed by atoms with Crippen molar-refractivity contribution in [3.05, 3.63) is 39.7 Å². The second-order valence-corrected chi connectivity index (χ2v) is 3.26. The van der Waals surface area contributed by atoms with Gasteiger partial charge in [0.25, 0.3) is 5.91 Å². The molecule has 7 heteroatoms. The molecule has 0 bridgehead atoms. The highest BCUT2D eigenvalue weighted by molar-refractivity contribution is 5.94. The number of nitrogens with one attached hydrogen (secondary N) is 1. The molecule has 0 atom stereocenters. The van der Waals surface area contributed by atoms with Gasteiger partial charge >= 0.3 is 5.69 Å². The number of carbonyl (C=O) groups excluding carboxylic acids is 1. The van der Waals surface area contributed by atoms with Crippen LogP contribution < -0.4 is 5.43 Å². The smallest absolute Gasteiger partial charge is 0.285 e. The Morgan fingerprint density at radius 3 is 2.62 bits per heavy atom. The molecule has 1 aromatic rings. The Bertz CT molecular complexity index is 434. The number of benzene rings is 1. The molecule has 0 aliphatic carbocycles. The van der Waals surface area contributed by atoms with Gasteiger partial charge in [0, 0.05) is 25.7 Å². The average molecular weight is 227 g/mol. The van der Waals surface area contributed by atoms with Crippen LogP contribution in [0.5, 0.6) is 0 Å². The van der Waals surface area contributed by atoms with E-state index in [1.54, 1.807) is 14.1 Å². The van der Waals surface area contributed by atoms with Crippen molar-refractivity contribution in [1.82, 2.24) is 10.4 Å². The Morgan fingerprint density at radius 1 is 1.50 bits per heavy atom. The number of nitrogens with zero attached hydrogens (tertiary/aromatic N) is 2. The van der Waals surface area contributed by atoms with E-state index >= 15 is 0 Å². The number of amides is 1.